The smallest absolute Gasteiger partial charge is 0.289 e. The van der Waals surface area contributed by atoms with Gasteiger partial charge in [0.25, 0.3) is 5.91 Å². The molecule has 4 aromatic heterocycles. The number of rotatable bonds is 4. The van der Waals surface area contributed by atoms with E-state index in [1.54, 1.807) is 30.0 Å². The topological polar surface area (TPSA) is 89.0 Å². The van der Waals surface area contributed by atoms with Crippen LogP contribution in [-0.4, -0.2) is 69.3 Å². The molecule has 1 aliphatic rings. The summed E-state index contributed by atoms with van der Waals surface area (Å²) in [5, 5.41) is 8.80. The molecule has 158 valence electrons. The molecular weight excluding hydrogens is 396 g/mol. The van der Waals surface area contributed by atoms with E-state index >= 15 is 0 Å². The van der Waals surface area contributed by atoms with Crippen LogP contribution >= 0.6 is 0 Å². The van der Waals surface area contributed by atoms with Gasteiger partial charge in [0.1, 0.15) is 5.69 Å². The zero-order valence-corrected chi connectivity index (χ0v) is 17.3. The van der Waals surface area contributed by atoms with Crippen molar-refractivity contribution in [2.45, 2.75) is 6.04 Å². The lowest BCUT2D eigenvalue weighted by atomic mass is 10.1. The van der Waals surface area contributed by atoms with Crippen molar-refractivity contribution in [3.63, 3.8) is 0 Å². The molecule has 4 aromatic rings. The third-order valence-corrected chi connectivity index (χ3v) is 5.70. The molecule has 9 heteroatoms. The Morgan fingerprint density at radius 2 is 2.03 bits per heavy atom. The van der Waals surface area contributed by atoms with Crippen molar-refractivity contribution in [2.75, 3.05) is 33.8 Å². The summed E-state index contributed by atoms with van der Waals surface area (Å²) in [7, 11) is 3.64. The van der Waals surface area contributed by atoms with Crippen molar-refractivity contribution < 1.29 is 13.9 Å². The minimum Gasteiger partial charge on any atom is -0.481 e. The van der Waals surface area contributed by atoms with E-state index in [1.807, 2.05) is 42.4 Å². The van der Waals surface area contributed by atoms with Gasteiger partial charge in [-0.25, -0.2) is 9.50 Å². The molecule has 1 fully saturated rings. The van der Waals surface area contributed by atoms with Crippen LogP contribution in [0.2, 0.25) is 0 Å². The third-order valence-electron chi connectivity index (χ3n) is 5.70. The molecule has 0 radical (unpaired) electrons. The minimum atomic E-state index is -0.103. The summed E-state index contributed by atoms with van der Waals surface area (Å²) in [6, 6.07) is 11.2. The monoisotopic (exact) mass is 418 g/mol. The quantitative estimate of drug-likeness (QED) is 0.503. The number of ether oxygens (including phenoxy) is 1. The van der Waals surface area contributed by atoms with Crippen molar-refractivity contribution in [1.29, 1.82) is 0 Å². The van der Waals surface area contributed by atoms with E-state index in [-0.39, 0.29) is 11.9 Å². The first-order valence-electron chi connectivity index (χ1n) is 10.0. The molecule has 9 nitrogen and oxygen atoms in total. The maximum Gasteiger partial charge on any atom is 0.289 e. The van der Waals surface area contributed by atoms with Crippen molar-refractivity contribution in [1.82, 2.24) is 29.6 Å². The summed E-state index contributed by atoms with van der Waals surface area (Å²) in [6.45, 7) is 1.90. The van der Waals surface area contributed by atoms with Gasteiger partial charge in [0.05, 0.1) is 24.9 Å². The van der Waals surface area contributed by atoms with Gasteiger partial charge >= 0.3 is 0 Å². The molecule has 0 aliphatic carbocycles. The van der Waals surface area contributed by atoms with Crippen LogP contribution in [0.3, 0.4) is 0 Å². The maximum atomic E-state index is 12.8. The van der Waals surface area contributed by atoms with Gasteiger partial charge in [0.15, 0.2) is 5.76 Å². The number of fused-ring (bicyclic) bond motifs is 1. The summed E-state index contributed by atoms with van der Waals surface area (Å²) in [6.07, 6.45) is 5.22. The number of furan rings is 1. The Hall–Kier alpha value is -3.72. The lowest BCUT2D eigenvalue weighted by Crippen LogP contribution is -2.49. The minimum absolute atomic E-state index is 0.0568. The van der Waals surface area contributed by atoms with E-state index in [0.717, 1.165) is 28.9 Å². The number of nitrogens with zero attached hydrogens (tertiary/aromatic N) is 6. The number of piperazine rings is 1. The standard InChI is InChI=1S/C22H22N6O3/c1-26-9-10-27(22(29)19-4-3-11-31-19)14-18(26)21-17-7-5-16(13-28(17)25-24-21)15-6-8-20(30-2)23-12-15/h3-8,11-13,18H,9-10,14H2,1-2H3/t18-/m0/s1. The fraction of sp³-hybridized carbons (Fsp3) is 0.273. The normalized spacial score (nSPS) is 17.2. The fourth-order valence-electron chi connectivity index (χ4n) is 3.90. The molecule has 0 aromatic carbocycles. The molecule has 0 spiro atoms. The number of hydrogen-bond acceptors (Lipinski definition) is 7. The van der Waals surface area contributed by atoms with Crippen LogP contribution in [0, 0.1) is 0 Å². The summed E-state index contributed by atoms with van der Waals surface area (Å²) >= 11 is 0. The van der Waals surface area contributed by atoms with E-state index < -0.39 is 0 Å². The second kappa shape index (κ2) is 7.84. The molecule has 0 N–H and O–H groups in total. The molecule has 31 heavy (non-hydrogen) atoms. The first-order valence-corrected chi connectivity index (χ1v) is 10.0. The van der Waals surface area contributed by atoms with Gasteiger partial charge in [-0.3, -0.25) is 9.69 Å². The Bertz CT molecular complexity index is 1200. The zero-order valence-electron chi connectivity index (χ0n) is 17.3. The molecule has 0 bridgehead atoms. The lowest BCUT2D eigenvalue weighted by Gasteiger charge is -2.38. The van der Waals surface area contributed by atoms with Crippen LogP contribution in [0.1, 0.15) is 22.3 Å². The molecule has 5 heterocycles. The number of amides is 1. The number of methoxy groups -OCH3 is 1. The summed E-state index contributed by atoms with van der Waals surface area (Å²) in [5.74, 6) is 0.824. The number of pyridine rings is 2. The first-order chi connectivity index (χ1) is 15.1. The second-order valence-electron chi connectivity index (χ2n) is 7.54. The Balaban J connectivity index is 1.43. The Morgan fingerprint density at radius 3 is 2.77 bits per heavy atom. The highest BCUT2D eigenvalue weighted by Gasteiger charge is 2.32. The van der Waals surface area contributed by atoms with Crippen LogP contribution < -0.4 is 4.74 Å². The Morgan fingerprint density at radius 1 is 1.16 bits per heavy atom. The predicted octanol–water partition coefficient (Wildman–Crippen LogP) is 2.52. The highest BCUT2D eigenvalue weighted by molar-refractivity contribution is 5.91. The van der Waals surface area contributed by atoms with Gasteiger partial charge in [-0.05, 0) is 31.3 Å². The van der Waals surface area contributed by atoms with E-state index in [9.17, 15) is 4.79 Å². The predicted molar refractivity (Wildman–Crippen MR) is 113 cm³/mol. The lowest BCUT2D eigenvalue weighted by molar-refractivity contribution is 0.0513. The molecule has 1 atom stereocenters. The number of hydrogen-bond donors (Lipinski definition) is 0. The molecule has 0 saturated carbocycles. The van der Waals surface area contributed by atoms with Crippen LogP contribution in [0.5, 0.6) is 5.88 Å². The van der Waals surface area contributed by atoms with E-state index in [1.165, 1.54) is 6.26 Å². The summed E-state index contributed by atoms with van der Waals surface area (Å²) in [4.78, 5) is 21.0. The van der Waals surface area contributed by atoms with Crippen LogP contribution in [-0.2, 0) is 0 Å². The maximum absolute atomic E-state index is 12.8. The van der Waals surface area contributed by atoms with E-state index in [2.05, 4.69) is 20.2 Å². The number of likely N-dealkylation sites (N-methyl/N-ethyl adjacent to an activating group) is 1. The van der Waals surface area contributed by atoms with Gasteiger partial charge in [-0.15, -0.1) is 5.10 Å². The van der Waals surface area contributed by atoms with Crippen molar-refractivity contribution in [3.05, 3.63) is 66.5 Å². The summed E-state index contributed by atoms with van der Waals surface area (Å²) < 4.78 is 12.2. The molecular formula is C22H22N6O3. The molecule has 5 rings (SSSR count). The molecule has 1 aliphatic heterocycles. The van der Waals surface area contributed by atoms with E-state index in [4.69, 9.17) is 9.15 Å². The van der Waals surface area contributed by atoms with Gasteiger partial charge < -0.3 is 14.1 Å². The molecule has 1 saturated heterocycles. The fourth-order valence-corrected chi connectivity index (χ4v) is 3.90. The van der Waals surface area contributed by atoms with Gasteiger partial charge in [-0.2, -0.15) is 0 Å². The SMILES string of the molecule is COc1ccc(-c2ccc3c([C@@H]4CN(C(=O)c5ccco5)CCN4C)nnn3c2)cn1. The van der Waals surface area contributed by atoms with Crippen molar-refractivity contribution in [3.8, 4) is 17.0 Å². The first kappa shape index (κ1) is 19.3. The third kappa shape index (κ3) is 3.53. The van der Waals surface area contributed by atoms with Crippen LogP contribution in [0.4, 0.5) is 0 Å². The zero-order chi connectivity index (χ0) is 21.4. The van der Waals surface area contributed by atoms with Gasteiger partial charge in [0, 0.05) is 49.2 Å². The highest BCUT2D eigenvalue weighted by Crippen LogP contribution is 2.28. The Labute approximate surface area is 178 Å². The average molecular weight is 418 g/mol. The number of aromatic nitrogens is 4. The van der Waals surface area contributed by atoms with Crippen LogP contribution in [0.15, 0.2) is 59.5 Å². The highest BCUT2D eigenvalue weighted by atomic mass is 16.5. The Kier molecular flexibility index (Phi) is 4.87. The van der Waals surface area contributed by atoms with Gasteiger partial charge in [-0.1, -0.05) is 11.3 Å². The summed E-state index contributed by atoms with van der Waals surface area (Å²) in [5.41, 5.74) is 3.70. The number of carbonyl (C=O) groups excluding carboxylic acids is 1. The van der Waals surface area contributed by atoms with E-state index in [0.29, 0.717) is 24.7 Å². The molecule has 1 amide bonds. The van der Waals surface area contributed by atoms with Crippen molar-refractivity contribution >= 4 is 11.4 Å². The molecule has 0 unspecified atom stereocenters. The van der Waals surface area contributed by atoms with Crippen LogP contribution in [0.25, 0.3) is 16.6 Å². The largest absolute Gasteiger partial charge is 0.481 e. The average Bonchev–Trinajstić information content (AvgIpc) is 3.49. The number of carbonyl (C=O) groups is 1. The second-order valence-corrected chi connectivity index (χ2v) is 7.54. The van der Waals surface area contributed by atoms with Crippen molar-refractivity contribution in [2.24, 2.45) is 0 Å². The van der Waals surface area contributed by atoms with Gasteiger partial charge in [0.2, 0.25) is 5.88 Å².